The van der Waals surface area contributed by atoms with Crippen molar-refractivity contribution in [3.63, 3.8) is 0 Å². The number of hydrogen-bond donors (Lipinski definition) is 0. The fraction of sp³-hybridized carbons (Fsp3) is 0. The molecule has 7 aromatic carbocycles. The molecule has 14 rings (SSSR count). The van der Waals surface area contributed by atoms with Gasteiger partial charge in [-0.25, -0.2) is 0 Å². The van der Waals surface area contributed by atoms with Gasteiger partial charge in [0.1, 0.15) is 22.3 Å². The van der Waals surface area contributed by atoms with Gasteiger partial charge in [0.2, 0.25) is 0 Å². The second-order valence-corrected chi connectivity index (χ2v) is 14.9. The number of nitrogens with zero attached hydrogens (tertiary/aromatic N) is 10. The minimum Gasteiger partial charge on any atom is -0.455 e. The molecule has 7 heterocycles. The Morgan fingerprint density at radius 2 is 0.850 bits per heavy atom. The molecule has 14 aromatic rings. The Balaban J connectivity index is 1.07. The molecule has 280 valence electrons. The van der Waals surface area contributed by atoms with Crippen LogP contribution in [0.2, 0.25) is 0 Å². The van der Waals surface area contributed by atoms with E-state index in [0.717, 1.165) is 76.8 Å². The fourth-order valence-electron chi connectivity index (χ4n) is 8.98. The molecule has 12 nitrogen and oxygen atoms in total. The molecule has 0 unspecified atom stereocenters. The van der Waals surface area contributed by atoms with Crippen LogP contribution in [-0.2, 0) is 0 Å². The van der Waals surface area contributed by atoms with E-state index in [2.05, 4.69) is 89.5 Å². The van der Waals surface area contributed by atoms with Crippen LogP contribution < -0.4 is 0 Å². The molecule has 0 saturated heterocycles. The number of hydrogen-bond acceptors (Lipinski definition) is 8. The van der Waals surface area contributed by atoms with Crippen molar-refractivity contribution in [2.24, 2.45) is 0 Å². The Bertz CT molecular complexity index is 3900. The minimum atomic E-state index is 0.406. The first-order chi connectivity index (χ1) is 29.7. The third kappa shape index (κ3) is 4.17. The van der Waals surface area contributed by atoms with Crippen LogP contribution in [0.25, 0.3) is 123 Å². The Morgan fingerprint density at radius 3 is 1.50 bits per heavy atom. The maximum absolute atomic E-state index is 6.44. The van der Waals surface area contributed by atoms with E-state index in [4.69, 9.17) is 39.1 Å². The SMILES string of the molecule is c1ccc(-c2cccc3c2c2ccccc2n3-c2nc3n4nc(-c5cccc6c5oc5ccccc56)nc4n4nc(-c5cccc6c5oc5ccccc56)nc4n3n2)cc1. The van der Waals surface area contributed by atoms with Gasteiger partial charge in [0, 0.05) is 32.3 Å². The molecule has 0 amide bonds. The van der Waals surface area contributed by atoms with E-state index in [0.29, 0.717) is 46.1 Å². The van der Waals surface area contributed by atoms with Crippen molar-refractivity contribution in [3.8, 4) is 39.9 Å². The fourth-order valence-corrected chi connectivity index (χ4v) is 8.98. The maximum Gasteiger partial charge on any atom is 0.261 e. The molecule has 0 aliphatic heterocycles. The molecule has 0 radical (unpaired) electrons. The Morgan fingerprint density at radius 1 is 0.367 bits per heavy atom. The standard InChI is InChI=1S/C48H26N10O2/c1-2-13-27(14-3-1)28-18-12-24-37-40(28)33-17-4-7-23-36(33)55(37)45-51-48-57-46(49-43(53-57)34-21-10-19-31-29-15-5-8-25-38(29)59-41(31)34)56-47(58(48)54-45)50-44(52-56)35-22-11-20-32-30-16-6-9-26-39(30)60-42(32)35/h1-26H. The predicted octanol–water partition coefficient (Wildman–Crippen LogP) is 10.7. The number of aromatic nitrogens is 10. The van der Waals surface area contributed by atoms with Crippen molar-refractivity contribution in [2.45, 2.75) is 0 Å². The summed E-state index contributed by atoms with van der Waals surface area (Å²) in [6, 6.07) is 53.2. The van der Waals surface area contributed by atoms with Gasteiger partial charge in [0.05, 0.1) is 22.2 Å². The van der Waals surface area contributed by atoms with Gasteiger partial charge in [-0.3, -0.25) is 4.57 Å². The summed E-state index contributed by atoms with van der Waals surface area (Å²) in [5.41, 5.74) is 8.63. The summed E-state index contributed by atoms with van der Waals surface area (Å²) < 4.78 is 20.0. The van der Waals surface area contributed by atoms with Crippen LogP contribution in [0, 0.1) is 0 Å². The van der Waals surface area contributed by atoms with Crippen LogP contribution in [0.3, 0.4) is 0 Å². The molecule has 0 N–H and O–H groups in total. The lowest BCUT2D eigenvalue weighted by Gasteiger charge is -2.05. The van der Waals surface area contributed by atoms with Crippen molar-refractivity contribution in [1.82, 2.24) is 48.4 Å². The lowest BCUT2D eigenvalue weighted by Crippen LogP contribution is -2.06. The highest BCUT2D eigenvalue weighted by molar-refractivity contribution is 6.16. The summed E-state index contributed by atoms with van der Waals surface area (Å²) in [6.45, 7) is 0. The van der Waals surface area contributed by atoms with E-state index in [-0.39, 0.29) is 0 Å². The summed E-state index contributed by atoms with van der Waals surface area (Å²) in [5, 5.41) is 21.6. The second-order valence-electron chi connectivity index (χ2n) is 14.9. The topological polar surface area (TPSA) is 122 Å². The van der Waals surface area contributed by atoms with E-state index < -0.39 is 0 Å². The molecule has 0 bridgehead atoms. The second kappa shape index (κ2) is 11.5. The third-order valence-corrected chi connectivity index (χ3v) is 11.6. The maximum atomic E-state index is 6.44. The van der Waals surface area contributed by atoms with Crippen LogP contribution in [0.1, 0.15) is 0 Å². The minimum absolute atomic E-state index is 0.406. The van der Waals surface area contributed by atoms with E-state index in [9.17, 15) is 0 Å². The molecule has 0 aliphatic carbocycles. The quantitative estimate of drug-likeness (QED) is 0.173. The van der Waals surface area contributed by atoms with E-state index in [1.165, 1.54) is 0 Å². The summed E-state index contributed by atoms with van der Waals surface area (Å²) in [7, 11) is 0. The predicted molar refractivity (Wildman–Crippen MR) is 231 cm³/mol. The molecule has 60 heavy (non-hydrogen) atoms. The van der Waals surface area contributed by atoms with Gasteiger partial charge in [-0.05, 0) is 47.5 Å². The van der Waals surface area contributed by atoms with Gasteiger partial charge in [-0.2, -0.15) is 28.5 Å². The van der Waals surface area contributed by atoms with Crippen LogP contribution >= 0.6 is 0 Å². The first-order valence-electron chi connectivity index (χ1n) is 19.6. The number of benzene rings is 7. The Labute approximate surface area is 336 Å². The van der Waals surface area contributed by atoms with Gasteiger partial charge < -0.3 is 8.83 Å². The van der Waals surface area contributed by atoms with Gasteiger partial charge in [-0.1, -0.05) is 121 Å². The van der Waals surface area contributed by atoms with Crippen molar-refractivity contribution >= 4 is 83.0 Å². The van der Waals surface area contributed by atoms with Crippen LogP contribution in [0.5, 0.6) is 0 Å². The first-order valence-corrected chi connectivity index (χ1v) is 19.6. The van der Waals surface area contributed by atoms with E-state index >= 15 is 0 Å². The van der Waals surface area contributed by atoms with Crippen LogP contribution in [0.4, 0.5) is 0 Å². The third-order valence-electron chi connectivity index (χ3n) is 11.6. The zero-order valence-corrected chi connectivity index (χ0v) is 31.3. The lowest BCUT2D eigenvalue weighted by molar-refractivity contribution is 0.669. The zero-order chi connectivity index (χ0) is 39.1. The first kappa shape index (κ1) is 31.4. The molecule has 0 atom stereocenters. The van der Waals surface area contributed by atoms with Crippen molar-refractivity contribution < 1.29 is 8.83 Å². The summed E-state index contributed by atoms with van der Waals surface area (Å²) >= 11 is 0. The molecule has 7 aromatic heterocycles. The Hall–Kier alpha value is -8.64. The van der Waals surface area contributed by atoms with E-state index in [1.807, 2.05) is 72.8 Å². The highest BCUT2D eigenvalue weighted by Crippen LogP contribution is 2.39. The number of furan rings is 2. The van der Waals surface area contributed by atoms with Crippen molar-refractivity contribution in [3.05, 3.63) is 158 Å². The summed E-state index contributed by atoms with van der Waals surface area (Å²) in [5.74, 6) is 2.56. The Kier molecular flexibility index (Phi) is 6.02. The normalized spacial score (nSPS) is 12.3. The highest BCUT2D eigenvalue weighted by Gasteiger charge is 2.26. The van der Waals surface area contributed by atoms with Gasteiger partial charge >= 0.3 is 0 Å². The average Bonchev–Trinajstić information content (AvgIpc) is 4.16. The van der Waals surface area contributed by atoms with Gasteiger partial charge in [0.15, 0.2) is 11.6 Å². The van der Waals surface area contributed by atoms with Crippen molar-refractivity contribution in [1.29, 1.82) is 0 Å². The van der Waals surface area contributed by atoms with Gasteiger partial charge in [-0.15, -0.1) is 15.3 Å². The zero-order valence-electron chi connectivity index (χ0n) is 31.3. The molecular formula is C48H26N10O2. The molecular weight excluding hydrogens is 749 g/mol. The molecule has 0 saturated carbocycles. The van der Waals surface area contributed by atoms with Gasteiger partial charge in [0.25, 0.3) is 23.3 Å². The number of para-hydroxylation sites is 5. The molecule has 0 fully saturated rings. The smallest absolute Gasteiger partial charge is 0.261 e. The molecule has 0 spiro atoms. The molecule has 0 aliphatic rings. The monoisotopic (exact) mass is 774 g/mol. The van der Waals surface area contributed by atoms with E-state index in [1.54, 1.807) is 13.5 Å². The van der Waals surface area contributed by atoms with Crippen molar-refractivity contribution in [2.75, 3.05) is 0 Å². The largest absolute Gasteiger partial charge is 0.455 e. The summed E-state index contributed by atoms with van der Waals surface area (Å²) in [6.07, 6.45) is 0. The number of fused-ring (bicyclic) bond motifs is 15. The lowest BCUT2D eigenvalue weighted by atomic mass is 10.00. The average molecular weight is 775 g/mol. The number of rotatable bonds is 4. The van der Waals surface area contributed by atoms with Crippen LogP contribution in [-0.4, -0.2) is 48.4 Å². The highest BCUT2D eigenvalue weighted by atomic mass is 16.3. The summed E-state index contributed by atoms with van der Waals surface area (Å²) in [4.78, 5) is 15.6. The van der Waals surface area contributed by atoms with Crippen LogP contribution in [0.15, 0.2) is 167 Å². The molecule has 12 heteroatoms.